The largest absolute Gasteiger partial charge is 0.465 e. The molecule has 1 aromatic carbocycles. The maximum absolute atomic E-state index is 11.4. The summed E-state index contributed by atoms with van der Waals surface area (Å²) in [5, 5.41) is 1.73. The highest BCUT2D eigenvalue weighted by Gasteiger charge is 2.13. The Kier molecular flexibility index (Phi) is 2.60. The average molecular weight is 259 g/mol. The number of methoxy groups -OCH3 is 1. The molecule has 0 bridgehead atoms. The first kappa shape index (κ1) is 11.0. The molecule has 0 unspecified atom stereocenters. The number of oxazole rings is 1. The molecule has 90 valence electrons. The van der Waals surface area contributed by atoms with Crippen molar-refractivity contribution >= 4 is 28.4 Å². The van der Waals surface area contributed by atoms with Crippen LogP contribution in [0.25, 0.3) is 21.9 Å². The van der Waals surface area contributed by atoms with Crippen LogP contribution in [0.1, 0.15) is 10.4 Å². The number of fused-ring (bicyclic) bond motifs is 1. The molecule has 0 fully saturated rings. The van der Waals surface area contributed by atoms with Crippen LogP contribution in [0.4, 0.5) is 0 Å². The molecule has 0 saturated heterocycles. The van der Waals surface area contributed by atoms with Crippen LogP contribution >= 0.6 is 11.3 Å². The van der Waals surface area contributed by atoms with Gasteiger partial charge in [0.15, 0.2) is 5.58 Å². The van der Waals surface area contributed by atoms with Crippen LogP contribution in [0.5, 0.6) is 0 Å². The second-order valence-electron chi connectivity index (χ2n) is 3.68. The maximum Gasteiger partial charge on any atom is 0.338 e. The monoisotopic (exact) mass is 259 g/mol. The Hall–Kier alpha value is -2.14. The van der Waals surface area contributed by atoms with Gasteiger partial charge in [-0.05, 0) is 18.2 Å². The van der Waals surface area contributed by atoms with Crippen LogP contribution in [-0.2, 0) is 4.74 Å². The van der Waals surface area contributed by atoms with E-state index in [1.54, 1.807) is 11.4 Å². The summed E-state index contributed by atoms with van der Waals surface area (Å²) >= 11 is 1.40. The highest BCUT2D eigenvalue weighted by Crippen LogP contribution is 2.29. The topological polar surface area (TPSA) is 52.3 Å². The van der Waals surface area contributed by atoms with Gasteiger partial charge in [0.05, 0.1) is 17.6 Å². The van der Waals surface area contributed by atoms with Crippen molar-refractivity contribution in [3.05, 3.63) is 41.3 Å². The van der Waals surface area contributed by atoms with E-state index in [9.17, 15) is 4.79 Å². The first-order chi connectivity index (χ1) is 8.78. The summed E-state index contributed by atoms with van der Waals surface area (Å²) in [7, 11) is 1.36. The van der Waals surface area contributed by atoms with E-state index in [1.165, 1.54) is 18.4 Å². The maximum atomic E-state index is 11.4. The zero-order valence-electron chi connectivity index (χ0n) is 9.54. The Morgan fingerprint density at radius 2 is 2.22 bits per heavy atom. The summed E-state index contributed by atoms with van der Waals surface area (Å²) < 4.78 is 10.3. The lowest BCUT2D eigenvalue weighted by atomic mass is 10.3. The molecule has 4 nitrogen and oxygen atoms in total. The second kappa shape index (κ2) is 4.27. The van der Waals surface area contributed by atoms with Crippen LogP contribution in [-0.4, -0.2) is 18.1 Å². The average Bonchev–Trinajstić information content (AvgIpc) is 3.03. The smallest absolute Gasteiger partial charge is 0.338 e. The van der Waals surface area contributed by atoms with Gasteiger partial charge < -0.3 is 9.15 Å². The van der Waals surface area contributed by atoms with Crippen molar-refractivity contribution < 1.29 is 13.9 Å². The Morgan fingerprint density at radius 1 is 1.39 bits per heavy atom. The predicted octanol–water partition coefficient (Wildman–Crippen LogP) is 3.34. The van der Waals surface area contributed by atoms with E-state index in [0.29, 0.717) is 11.5 Å². The molecule has 3 aromatic rings. The van der Waals surface area contributed by atoms with Crippen LogP contribution in [0, 0.1) is 0 Å². The predicted molar refractivity (Wildman–Crippen MR) is 68.7 cm³/mol. The number of ether oxygens (including phenoxy) is 1. The molecule has 0 spiro atoms. The summed E-state index contributed by atoms with van der Waals surface area (Å²) in [6.45, 7) is 0. The lowest BCUT2D eigenvalue weighted by molar-refractivity contribution is 0.0601. The Bertz CT molecular complexity index is 681. The standard InChI is InChI=1S/C13H9NO3S/c1-16-13(15)8-6-11(18-7-8)12-14-9-4-2-3-5-10(9)17-12/h2-7H,1H3. The first-order valence-corrected chi connectivity index (χ1v) is 6.18. The van der Waals surface area contributed by atoms with Gasteiger partial charge in [-0.25, -0.2) is 9.78 Å². The van der Waals surface area contributed by atoms with Crippen LogP contribution in [0.3, 0.4) is 0 Å². The highest BCUT2D eigenvalue weighted by molar-refractivity contribution is 7.13. The van der Waals surface area contributed by atoms with E-state index in [2.05, 4.69) is 9.72 Å². The zero-order chi connectivity index (χ0) is 12.5. The van der Waals surface area contributed by atoms with Gasteiger partial charge in [-0.2, -0.15) is 0 Å². The van der Waals surface area contributed by atoms with Crippen molar-refractivity contribution in [2.24, 2.45) is 0 Å². The molecular formula is C13H9NO3S. The number of hydrogen-bond acceptors (Lipinski definition) is 5. The normalized spacial score (nSPS) is 10.7. The minimum atomic E-state index is -0.353. The number of para-hydroxylation sites is 2. The van der Waals surface area contributed by atoms with E-state index in [4.69, 9.17) is 4.42 Å². The summed E-state index contributed by atoms with van der Waals surface area (Å²) in [6, 6.07) is 9.27. The summed E-state index contributed by atoms with van der Waals surface area (Å²) in [5.41, 5.74) is 2.06. The van der Waals surface area contributed by atoms with Gasteiger partial charge in [-0.3, -0.25) is 0 Å². The van der Waals surface area contributed by atoms with E-state index in [1.807, 2.05) is 24.3 Å². The minimum Gasteiger partial charge on any atom is -0.465 e. The molecule has 0 atom stereocenters. The van der Waals surface area contributed by atoms with Crippen molar-refractivity contribution in [3.63, 3.8) is 0 Å². The van der Waals surface area contributed by atoms with Crippen molar-refractivity contribution in [2.45, 2.75) is 0 Å². The molecule has 0 aliphatic carbocycles. The van der Waals surface area contributed by atoms with Crippen LogP contribution < -0.4 is 0 Å². The molecule has 3 rings (SSSR count). The number of aromatic nitrogens is 1. The quantitative estimate of drug-likeness (QED) is 0.662. The summed E-state index contributed by atoms with van der Waals surface area (Å²) in [4.78, 5) is 16.5. The van der Waals surface area contributed by atoms with Gasteiger partial charge in [0.25, 0.3) is 0 Å². The molecule has 2 heterocycles. The van der Waals surface area contributed by atoms with Crippen LogP contribution in [0.15, 0.2) is 40.1 Å². The fraction of sp³-hybridized carbons (Fsp3) is 0.0769. The molecule has 0 aliphatic heterocycles. The second-order valence-corrected chi connectivity index (χ2v) is 4.59. The SMILES string of the molecule is COC(=O)c1csc(-c2nc3ccccc3o2)c1. The molecule has 0 radical (unpaired) electrons. The molecule has 5 heteroatoms. The molecule has 0 aliphatic rings. The third-order valence-corrected chi connectivity index (χ3v) is 3.44. The molecule has 2 aromatic heterocycles. The van der Waals surface area contributed by atoms with E-state index in [0.717, 1.165) is 16.0 Å². The van der Waals surface area contributed by atoms with Crippen molar-refractivity contribution in [1.29, 1.82) is 0 Å². The number of rotatable bonds is 2. The van der Waals surface area contributed by atoms with Crippen molar-refractivity contribution in [1.82, 2.24) is 4.98 Å². The van der Waals surface area contributed by atoms with Crippen LogP contribution in [0.2, 0.25) is 0 Å². The molecule has 0 saturated carbocycles. The number of carbonyl (C=O) groups excluding carboxylic acids is 1. The number of carbonyl (C=O) groups is 1. The summed E-state index contributed by atoms with van der Waals surface area (Å²) in [6.07, 6.45) is 0. The number of nitrogens with zero attached hydrogens (tertiary/aromatic N) is 1. The minimum absolute atomic E-state index is 0.353. The molecule has 0 N–H and O–H groups in total. The van der Waals surface area contributed by atoms with Gasteiger partial charge in [0, 0.05) is 5.38 Å². The van der Waals surface area contributed by atoms with Gasteiger partial charge in [-0.15, -0.1) is 11.3 Å². The van der Waals surface area contributed by atoms with Gasteiger partial charge >= 0.3 is 5.97 Å². The molecule has 18 heavy (non-hydrogen) atoms. The molecule has 0 amide bonds. The Morgan fingerprint density at radius 3 is 3.00 bits per heavy atom. The lowest BCUT2D eigenvalue weighted by Crippen LogP contribution is -1.97. The number of benzene rings is 1. The molecular weight excluding hydrogens is 250 g/mol. The summed E-state index contributed by atoms with van der Waals surface area (Å²) in [5.74, 6) is 0.171. The van der Waals surface area contributed by atoms with E-state index >= 15 is 0 Å². The van der Waals surface area contributed by atoms with Crippen molar-refractivity contribution in [2.75, 3.05) is 7.11 Å². The van der Waals surface area contributed by atoms with Crippen molar-refractivity contribution in [3.8, 4) is 10.8 Å². The number of thiophene rings is 1. The zero-order valence-corrected chi connectivity index (χ0v) is 10.4. The third-order valence-electron chi connectivity index (χ3n) is 2.53. The van der Waals surface area contributed by atoms with Gasteiger partial charge in [0.2, 0.25) is 5.89 Å². The van der Waals surface area contributed by atoms with Gasteiger partial charge in [-0.1, -0.05) is 12.1 Å². The highest BCUT2D eigenvalue weighted by atomic mass is 32.1. The Balaban J connectivity index is 2.03. The van der Waals surface area contributed by atoms with E-state index in [-0.39, 0.29) is 5.97 Å². The third kappa shape index (κ3) is 1.78. The lowest BCUT2D eigenvalue weighted by Gasteiger charge is -1.91. The van der Waals surface area contributed by atoms with E-state index < -0.39 is 0 Å². The number of hydrogen-bond donors (Lipinski definition) is 0. The Labute approximate surface area is 107 Å². The fourth-order valence-corrected chi connectivity index (χ4v) is 2.45. The first-order valence-electron chi connectivity index (χ1n) is 5.31. The fourth-order valence-electron chi connectivity index (χ4n) is 1.65. The van der Waals surface area contributed by atoms with Gasteiger partial charge in [0.1, 0.15) is 5.52 Å². The number of esters is 1.